The molecule has 0 spiro atoms. The maximum atomic E-state index is 13.1. The third-order valence-corrected chi connectivity index (χ3v) is 12.6. The number of ether oxygens (including phenoxy) is 4. The summed E-state index contributed by atoms with van der Waals surface area (Å²) < 4.78 is 81.9. The third kappa shape index (κ3) is 12.0. The van der Waals surface area contributed by atoms with Crippen molar-refractivity contribution in [3.63, 3.8) is 0 Å². The second-order valence-corrected chi connectivity index (χ2v) is 17.6. The van der Waals surface area contributed by atoms with Crippen molar-refractivity contribution >= 4 is 53.2 Å². The van der Waals surface area contributed by atoms with Gasteiger partial charge in [0.15, 0.2) is 0 Å². The highest BCUT2D eigenvalue weighted by molar-refractivity contribution is 7.93. The normalized spacial score (nSPS) is 16.5. The first-order valence-corrected chi connectivity index (χ1v) is 22.9. The van der Waals surface area contributed by atoms with Crippen molar-refractivity contribution in [3.8, 4) is 0 Å². The summed E-state index contributed by atoms with van der Waals surface area (Å²) in [5.74, 6) is 0. The van der Waals surface area contributed by atoms with Crippen molar-refractivity contribution < 1.29 is 35.8 Å². The van der Waals surface area contributed by atoms with Gasteiger partial charge in [0.25, 0.3) is 20.0 Å². The molecular formula is C44H50N6O8S2. The first-order chi connectivity index (χ1) is 29.2. The second kappa shape index (κ2) is 21.0. The van der Waals surface area contributed by atoms with Crippen LogP contribution < -0.4 is 9.44 Å². The zero-order chi connectivity index (χ0) is 41.6. The van der Waals surface area contributed by atoms with Crippen LogP contribution in [0.4, 0.5) is 11.4 Å². The van der Waals surface area contributed by atoms with Crippen molar-refractivity contribution in [2.45, 2.75) is 22.9 Å². The molecule has 0 saturated carbocycles. The summed E-state index contributed by atoms with van der Waals surface area (Å²) >= 11 is 0. The molecule has 0 aliphatic carbocycles. The molecule has 0 bridgehead atoms. The predicted octanol–water partition coefficient (Wildman–Crippen LogP) is 5.77. The smallest absolute Gasteiger partial charge is 0.261 e. The van der Waals surface area contributed by atoms with Crippen molar-refractivity contribution in [1.29, 1.82) is 0 Å². The number of hydrogen-bond donors (Lipinski definition) is 2. The van der Waals surface area contributed by atoms with Crippen molar-refractivity contribution in [3.05, 3.63) is 133 Å². The Morgan fingerprint density at radius 1 is 0.433 bits per heavy atom. The fourth-order valence-electron chi connectivity index (χ4n) is 6.74. The number of nitrogens with one attached hydrogen (secondary N) is 2. The Morgan fingerprint density at radius 3 is 1.17 bits per heavy atom. The third-order valence-electron chi connectivity index (χ3n) is 9.87. The molecular weight excluding hydrogens is 805 g/mol. The number of benzene rings is 4. The number of hydrogen-bond acceptors (Lipinski definition) is 12. The molecule has 1 aliphatic rings. The lowest BCUT2D eigenvalue weighted by atomic mass is 10.1. The summed E-state index contributed by atoms with van der Waals surface area (Å²) in [6.45, 7) is 7.18. The average Bonchev–Trinajstić information content (AvgIpc) is 3.25. The van der Waals surface area contributed by atoms with E-state index in [1.54, 1.807) is 72.8 Å². The number of rotatable bonds is 10. The van der Waals surface area contributed by atoms with Gasteiger partial charge in [-0.15, -0.1) is 0 Å². The average molecular weight is 855 g/mol. The molecule has 1 saturated heterocycles. The fraction of sp³-hybridized carbons (Fsp3) is 0.318. The molecule has 0 unspecified atom stereocenters. The monoisotopic (exact) mass is 854 g/mol. The minimum atomic E-state index is -3.79. The fourth-order valence-corrected chi connectivity index (χ4v) is 8.91. The van der Waals surface area contributed by atoms with Crippen LogP contribution in [0.25, 0.3) is 21.8 Å². The van der Waals surface area contributed by atoms with E-state index in [0.717, 1.165) is 22.2 Å². The van der Waals surface area contributed by atoms with Crippen molar-refractivity contribution in [2.24, 2.45) is 0 Å². The van der Waals surface area contributed by atoms with Gasteiger partial charge in [-0.1, -0.05) is 72.8 Å². The van der Waals surface area contributed by atoms with Crippen molar-refractivity contribution in [2.75, 3.05) is 88.5 Å². The van der Waals surface area contributed by atoms with E-state index >= 15 is 0 Å². The molecule has 0 radical (unpaired) electrons. The van der Waals surface area contributed by atoms with Crippen LogP contribution in [0, 0.1) is 0 Å². The predicted molar refractivity (Wildman–Crippen MR) is 232 cm³/mol. The van der Waals surface area contributed by atoms with E-state index in [9.17, 15) is 16.8 Å². The van der Waals surface area contributed by atoms with Crippen LogP contribution in [0.2, 0.25) is 0 Å². The Kier molecular flexibility index (Phi) is 15.0. The van der Waals surface area contributed by atoms with Gasteiger partial charge in [0.2, 0.25) is 0 Å². The van der Waals surface area contributed by atoms with E-state index in [0.29, 0.717) is 115 Å². The van der Waals surface area contributed by atoms with Gasteiger partial charge in [-0.2, -0.15) is 0 Å². The van der Waals surface area contributed by atoms with Gasteiger partial charge < -0.3 is 18.9 Å². The van der Waals surface area contributed by atoms with Gasteiger partial charge in [0.1, 0.15) is 0 Å². The molecule has 316 valence electrons. The van der Waals surface area contributed by atoms with Gasteiger partial charge in [0.05, 0.1) is 96.4 Å². The highest BCUT2D eigenvalue weighted by Gasteiger charge is 2.18. The Balaban J connectivity index is 0.934. The van der Waals surface area contributed by atoms with Crippen LogP contribution in [0.3, 0.4) is 0 Å². The lowest BCUT2D eigenvalue weighted by Gasteiger charge is -2.23. The number of nitrogens with zero attached hydrogens (tertiary/aromatic N) is 4. The first-order valence-electron chi connectivity index (χ1n) is 19.9. The van der Waals surface area contributed by atoms with E-state index in [1.807, 2.05) is 48.5 Å². The minimum Gasteiger partial charge on any atom is -0.378 e. The zero-order valence-electron chi connectivity index (χ0n) is 33.3. The number of aromatic nitrogens is 2. The molecule has 0 amide bonds. The zero-order valence-corrected chi connectivity index (χ0v) is 35.0. The topological polar surface area (TPSA) is 162 Å². The molecule has 6 aromatic rings. The van der Waals surface area contributed by atoms with Crippen LogP contribution in [0.1, 0.15) is 11.4 Å². The van der Waals surface area contributed by atoms with Crippen molar-refractivity contribution in [1.82, 2.24) is 19.8 Å². The molecule has 4 aromatic carbocycles. The molecule has 0 atom stereocenters. The van der Waals surface area contributed by atoms with Gasteiger partial charge >= 0.3 is 0 Å². The molecule has 2 N–H and O–H groups in total. The largest absolute Gasteiger partial charge is 0.378 e. The summed E-state index contributed by atoms with van der Waals surface area (Å²) in [6, 6.07) is 35.3. The maximum Gasteiger partial charge on any atom is 0.261 e. The van der Waals surface area contributed by atoms with Crippen LogP contribution in [0.15, 0.2) is 131 Å². The van der Waals surface area contributed by atoms with Crippen LogP contribution in [0.5, 0.6) is 0 Å². The standard InChI is InChI=1S/C44H50N6O8S2/c51-59(52,39-11-3-1-4-12-39)47-41-15-7-9-35-17-19-37(45-43(35)41)33-49-21-25-55-29-31-57-27-23-50(24-28-58-32-30-56-26-22-49)34-38-20-18-36-10-8-16-42(44(36)46-38)48-60(53,54)40-13-5-2-6-14-40/h1-20,47-48H,21-34H2. The Bertz CT molecular complexity index is 2340. The Morgan fingerprint density at radius 2 is 0.800 bits per heavy atom. The van der Waals surface area contributed by atoms with E-state index in [1.165, 1.54) is 0 Å². The van der Waals surface area contributed by atoms with Crippen LogP contribution in [-0.4, -0.2) is 116 Å². The number of fused-ring (bicyclic) bond motifs is 2. The maximum absolute atomic E-state index is 13.1. The molecule has 3 heterocycles. The van der Waals surface area contributed by atoms with E-state index < -0.39 is 20.0 Å². The molecule has 16 heteroatoms. The summed E-state index contributed by atoms with van der Waals surface area (Å²) in [5, 5.41) is 1.65. The molecule has 1 aliphatic heterocycles. The first kappa shape index (κ1) is 43.1. The number of para-hydroxylation sites is 2. The molecule has 2 aromatic heterocycles. The number of sulfonamides is 2. The lowest BCUT2D eigenvalue weighted by molar-refractivity contribution is 0.00601. The van der Waals surface area contributed by atoms with E-state index in [2.05, 4.69) is 19.2 Å². The Labute approximate surface area is 351 Å². The lowest BCUT2D eigenvalue weighted by Crippen LogP contribution is -2.33. The van der Waals surface area contributed by atoms with Gasteiger partial charge in [-0.3, -0.25) is 19.2 Å². The SMILES string of the molecule is O=S(=O)(Nc1cccc2ccc(CN3CCOCCOCCN(Cc4ccc5cccc(NS(=O)(=O)c6ccccc6)c5n4)CCOCCOCC3)nc12)c1ccccc1. The minimum absolute atomic E-state index is 0.180. The van der Waals surface area contributed by atoms with E-state index in [4.69, 9.17) is 28.9 Å². The van der Waals surface area contributed by atoms with Crippen LogP contribution >= 0.6 is 0 Å². The van der Waals surface area contributed by atoms with Gasteiger partial charge in [0, 0.05) is 50.0 Å². The van der Waals surface area contributed by atoms with Gasteiger partial charge in [-0.05, 0) is 48.5 Å². The molecule has 60 heavy (non-hydrogen) atoms. The van der Waals surface area contributed by atoms with E-state index in [-0.39, 0.29) is 9.79 Å². The summed E-state index contributed by atoms with van der Waals surface area (Å²) in [4.78, 5) is 14.6. The highest BCUT2D eigenvalue weighted by atomic mass is 32.2. The van der Waals surface area contributed by atoms with Crippen LogP contribution in [-0.2, 0) is 52.1 Å². The van der Waals surface area contributed by atoms with Gasteiger partial charge in [-0.25, -0.2) is 26.8 Å². The number of anilines is 2. The Hall–Kier alpha value is -5.04. The molecule has 7 rings (SSSR count). The summed E-state index contributed by atoms with van der Waals surface area (Å²) in [5.41, 5.74) is 3.56. The number of pyridine rings is 2. The second-order valence-electron chi connectivity index (χ2n) is 14.2. The summed E-state index contributed by atoms with van der Waals surface area (Å²) in [7, 11) is -7.59. The highest BCUT2D eigenvalue weighted by Crippen LogP contribution is 2.27. The molecule has 14 nitrogen and oxygen atoms in total. The summed E-state index contributed by atoms with van der Waals surface area (Å²) in [6.07, 6.45) is 0. The molecule has 1 fully saturated rings. The quantitative estimate of drug-likeness (QED) is 0.172.